The van der Waals surface area contributed by atoms with Crippen LogP contribution in [0.15, 0.2) is 12.1 Å². The Morgan fingerprint density at radius 2 is 1.95 bits per heavy atom. The fourth-order valence-corrected chi connectivity index (χ4v) is 2.49. The fourth-order valence-electron chi connectivity index (χ4n) is 2.39. The van der Waals surface area contributed by atoms with Crippen molar-refractivity contribution in [3.8, 4) is 5.82 Å². The molecular weight excluding hydrogens is 286 g/mol. The van der Waals surface area contributed by atoms with Crippen LogP contribution in [0.2, 0.25) is 5.15 Å². The highest BCUT2D eigenvalue weighted by Gasteiger charge is 2.17. The Balaban J connectivity index is 2.39. The smallest absolute Gasteiger partial charge is 0.176 e. The van der Waals surface area contributed by atoms with E-state index in [4.69, 9.17) is 16.7 Å². The van der Waals surface area contributed by atoms with Crippen LogP contribution in [-0.4, -0.2) is 26.5 Å². The maximum Gasteiger partial charge on any atom is 0.176 e. The molecule has 0 radical (unpaired) electrons. The first-order valence-corrected chi connectivity index (χ1v) is 7.88. The lowest BCUT2D eigenvalue weighted by atomic mass is 10.1. The predicted molar refractivity (Wildman–Crippen MR) is 84.9 cm³/mol. The van der Waals surface area contributed by atoms with Crippen molar-refractivity contribution in [1.29, 1.82) is 0 Å². The number of aryl methyl sites for hydroxylation is 1. The van der Waals surface area contributed by atoms with Gasteiger partial charge in [0.15, 0.2) is 11.0 Å². The molecule has 2 aromatic heterocycles. The second-order valence-electron chi connectivity index (χ2n) is 4.88. The Kier molecular flexibility index (Phi) is 5.70. The molecule has 0 saturated heterocycles. The highest BCUT2D eigenvalue weighted by Crippen LogP contribution is 2.19. The molecule has 0 amide bonds. The number of aromatic nitrogens is 4. The number of rotatable bonds is 7. The summed E-state index contributed by atoms with van der Waals surface area (Å²) in [6.45, 7) is 8.29. The molecule has 1 N–H and O–H groups in total. The van der Waals surface area contributed by atoms with Crippen LogP contribution in [-0.2, 0) is 19.4 Å². The van der Waals surface area contributed by atoms with Gasteiger partial charge in [-0.3, -0.25) is 0 Å². The van der Waals surface area contributed by atoms with E-state index in [1.807, 2.05) is 10.7 Å². The van der Waals surface area contributed by atoms with E-state index >= 15 is 0 Å². The van der Waals surface area contributed by atoms with Crippen molar-refractivity contribution in [2.45, 2.75) is 46.6 Å². The van der Waals surface area contributed by atoms with Gasteiger partial charge >= 0.3 is 0 Å². The van der Waals surface area contributed by atoms with Crippen LogP contribution < -0.4 is 5.32 Å². The van der Waals surface area contributed by atoms with Gasteiger partial charge in [-0.25, -0.2) is 4.68 Å². The van der Waals surface area contributed by atoms with Crippen molar-refractivity contribution in [2.24, 2.45) is 0 Å². The number of nitrogens with one attached hydrogen (secondary N) is 1. The van der Waals surface area contributed by atoms with Crippen molar-refractivity contribution in [2.75, 3.05) is 6.54 Å². The molecule has 6 heteroatoms. The molecule has 2 rings (SSSR count). The lowest BCUT2D eigenvalue weighted by Gasteiger charge is -2.07. The summed E-state index contributed by atoms with van der Waals surface area (Å²) in [7, 11) is 0. The zero-order valence-electron chi connectivity index (χ0n) is 12.9. The van der Waals surface area contributed by atoms with Gasteiger partial charge in [0.1, 0.15) is 0 Å². The Hall–Kier alpha value is -1.46. The van der Waals surface area contributed by atoms with Crippen molar-refractivity contribution in [1.82, 2.24) is 25.3 Å². The summed E-state index contributed by atoms with van der Waals surface area (Å²) in [4.78, 5) is 0. The van der Waals surface area contributed by atoms with E-state index in [0.29, 0.717) is 11.0 Å². The molecule has 0 unspecified atom stereocenters. The number of hydrogen-bond acceptors (Lipinski definition) is 4. The molecule has 0 aliphatic heterocycles. The van der Waals surface area contributed by atoms with Crippen LogP contribution in [0.3, 0.4) is 0 Å². The Bertz CT molecular complexity index is 576. The van der Waals surface area contributed by atoms with Crippen LogP contribution in [0, 0.1) is 0 Å². The lowest BCUT2D eigenvalue weighted by molar-refractivity contribution is 0.666. The first-order chi connectivity index (χ1) is 10.2. The monoisotopic (exact) mass is 307 g/mol. The Morgan fingerprint density at radius 1 is 1.14 bits per heavy atom. The molecular formula is C15H22ClN5. The van der Waals surface area contributed by atoms with Crippen LogP contribution in [0.1, 0.15) is 44.1 Å². The van der Waals surface area contributed by atoms with E-state index in [1.165, 1.54) is 11.3 Å². The molecule has 2 heterocycles. The molecule has 21 heavy (non-hydrogen) atoms. The first-order valence-electron chi connectivity index (χ1n) is 7.51. The summed E-state index contributed by atoms with van der Waals surface area (Å²) in [6.07, 6.45) is 2.93. The van der Waals surface area contributed by atoms with Crippen molar-refractivity contribution < 1.29 is 0 Å². The van der Waals surface area contributed by atoms with Gasteiger partial charge in [-0.2, -0.15) is 5.10 Å². The molecule has 0 atom stereocenters. The molecule has 0 saturated carbocycles. The van der Waals surface area contributed by atoms with Gasteiger partial charge < -0.3 is 5.32 Å². The van der Waals surface area contributed by atoms with Crippen LogP contribution in [0.25, 0.3) is 5.82 Å². The normalized spacial score (nSPS) is 11.0. The second-order valence-corrected chi connectivity index (χ2v) is 5.27. The summed E-state index contributed by atoms with van der Waals surface area (Å²) in [6, 6.07) is 3.59. The van der Waals surface area contributed by atoms with E-state index in [2.05, 4.69) is 36.3 Å². The zero-order valence-corrected chi connectivity index (χ0v) is 13.6. The largest absolute Gasteiger partial charge is 0.313 e. The minimum Gasteiger partial charge on any atom is -0.313 e. The van der Waals surface area contributed by atoms with Gasteiger partial charge in [0.05, 0.1) is 11.4 Å². The van der Waals surface area contributed by atoms with Crippen molar-refractivity contribution in [3.63, 3.8) is 0 Å². The van der Waals surface area contributed by atoms with Gasteiger partial charge in [-0.15, -0.1) is 10.2 Å². The summed E-state index contributed by atoms with van der Waals surface area (Å²) in [5.41, 5.74) is 3.59. The zero-order chi connectivity index (χ0) is 15.2. The van der Waals surface area contributed by atoms with Gasteiger partial charge in [0.2, 0.25) is 0 Å². The maximum atomic E-state index is 5.81. The number of nitrogens with zero attached hydrogens (tertiary/aromatic N) is 4. The highest BCUT2D eigenvalue weighted by atomic mass is 35.5. The minimum absolute atomic E-state index is 0.393. The van der Waals surface area contributed by atoms with Crippen molar-refractivity contribution in [3.05, 3.63) is 34.2 Å². The van der Waals surface area contributed by atoms with Crippen LogP contribution in [0.4, 0.5) is 0 Å². The molecule has 0 fully saturated rings. The third-order valence-electron chi connectivity index (χ3n) is 3.41. The number of halogens is 1. The Morgan fingerprint density at radius 3 is 2.52 bits per heavy atom. The molecule has 0 aliphatic rings. The van der Waals surface area contributed by atoms with E-state index in [0.717, 1.165) is 38.0 Å². The third kappa shape index (κ3) is 3.60. The SMILES string of the molecule is CCCNCc1c(CC)nn(-c2ccc(Cl)nn2)c1CC. The Labute approximate surface area is 130 Å². The van der Waals surface area contributed by atoms with E-state index in [1.54, 1.807) is 6.07 Å². The number of hydrogen-bond donors (Lipinski definition) is 1. The standard InChI is InChI=1S/C15H22ClN5/c1-4-9-17-10-11-12(5-2)20-21(13(11)6-3)15-8-7-14(16)18-19-15/h7-8,17H,4-6,9-10H2,1-3H3. The first kappa shape index (κ1) is 15.9. The third-order valence-corrected chi connectivity index (χ3v) is 3.61. The summed E-state index contributed by atoms with van der Waals surface area (Å²) >= 11 is 5.81. The predicted octanol–water partition coefficient (Wildman–Crippen LogP) is 2.94. The summed E-state index contributed by atoms with van der Waals surface area (Å²) in [5.74, 6) is 0.715. The maximum absolute atomic E-state index is 5.81. The fraction of sp³-hybridized carbons (Fsp3) is 0.533. The molecule has 0 aliphatic carbocycles. The molecule has 5 nitrogen and oxygen atoms in total. The van der Waals surface area contributed by atoms with Crippen LogP contribution >= 0.6 is 11.6 Å². The van der Waals surface area contributed by atoms with E-state index in [-0.39, 0.29) is 0 Å². The van der Waals surface area contributed by atoms with E-state index in [9.17, 15) is 0 Å². The highest BCUT2D eigenvalue weighted by molar-refractivity contribution is 6.29. The van der Waals surface area contributed by atoms with Gasteiger partial charge in [-0.05, 0) is 37.9 Å². The minimum atomic E-state index is 0.393. The van der Waals surface area contributed by atoms with Gasteiger partial charge in [-0.1, -0.05) is 32.4 Å². The van der Waals surface area contributed by atoms with Crippen molar-refractivity contribution >= 4 is 11.6 Å². The average molecular weight is 308 g/mol. The van der Waals surface area contributed by atoms with Gasteiger partial charge in [0, 0.05) is 12.1 Å². The molecule has 2 aromatic rings. The molecule has 0 aromatic carbocycles. The molecule has 0 spiro atoms. The topological polar surface area (TPSA) is 55.6 Å². The molecule has 0 bridgehead atoms. The summed E-state index contributed by atoms with van der Waals surface area (Å²) < 4.78 is 1.89. The summed E-state index contributed by atoms with van der Waals surface area (Å²) in [5, 5.41) is 16.6. The quantitative estimate of drug-likeness (QED) is 0.799. The van der Waals surface area contributed by atoms with E-state index < -0.39 is 0 Å². The molecule has 114 valence electrons. The van der Waals surface area contributed by atoms with Gasteiger partial charge in [0.25, 0.3) is 0 Å². The van der Waals surface area contributed by atoms with Crippen LogP contribution in [0.5, 0.6) is 0 Å². The lowest BCUT2D eigenvalue weighted by Crippen LogP contribution is -2.16. The average Bonchev–Trinajstić information content (AvgIpc) is 2.86. The second kappa shape index (κ2) is 7.52.